The van der Waals surface area contributed by atoms with Gasteiger partial charge in [-0.25, -0.2) is 8.42 Å². The largest absolute Gasteiger partial charge is 0.379 e. The summed E-state index contributed by atoms with van der Waals surface area (Å²) in [5, 5.41) is 5.95. The molecule has 0 bridgehead atoms. The molecule has 1 aromatic rings. The van der Waals surface area contributed by atoms with E-state index in [1.54, 1.807) is 18.2 Å². The second-order valence-electron chi connectivity index (χ2n) is 5.52. The van der Waals surface area contributed by atoms with Crippen LogP contribution in [0, 0.1) is 0 Å². The van der Waals surface area contributed by atoms with Crippen molar-refractivity contribution in [2.45, 2.75) is 18.2 Å². The first kappa shape index (κ1) is 18.9. The summed E-state index contributed by atoms with van der Waals surface area (Å²) in [6.45, 7) is 5.41. The van der Waals surface area contributed by atoms with Gasteiger partial charge in [0.15, 0.2) is 0 Å². The van der Waals surface area contributed by atoms with Crippen LogP contribution in [0.2, 0.25) is 0 Å². The van der Waals surface area contributed by atoms with E-state index in [2.05, 4.69) is 17.6 Å². The second-order valence-corrected chi connectivity index (χ2v) is 7.42. The molecule has 0 unspecified atom stereocenters. The van der Waals surface area contributed by atoms with Gasteiger partial charge in [0, 0.05) is 26.2 Å². The number of rotatable bonds is 8. The summed E-state index contributed by atoms with van der Waals surface area (Å²) in [6.07, 6.45) is 1.02. The van der Waals surface area contributed by atoms with E-state index >= 15 is 0 Å². The van der Waals surface area contributed by atoms with E-state index in [1.807, 2.05) is 0 Å². The number of carbonyl (C=O) groups is 1. The van der Waals surface area contributed by atoms with Gasteiger partial charge in [0.1, 0.15) is 0 Å². The van der Waals surface area contributed by atoms with Crippen LogP contribution in [-0.2, 0) is 14.8 Å². The third-order valence-corrected chi connectivity index (χ3v) is 5.69. The highest BCUT2D eigenvalue weighted by Crippen LogP contribution is 2.21. The molecule has 0 spiro atoms. The zero-order valence-electron chi connectivity index (χ0n) is 14.0. The first-order chi connectivity index (χ1) is 11.6. The van der Waals surface area contributed by atoms with Crippen molar-refractivity contribution in [3.63, 3.8) is 0 Å². The molecule has 24 heavy (non-hydrogen) atoms. The zero-order valence-corrected chi connectivity index (χ0v) is 14.8. The van der Waals surface area contributed by atoms with Gasteiger partial charge in [0.05, 0.1) is 23.7 Å². The molecule has 7 nitrogen and oxygen atoms in total. The maximum absolute atomic E-state index is 12.8. The molecule has 2 rings (SSSR count). The fourth-order valence-corrected chi connectivity index (χ4v) is 4.06. The number of amides is 1. The average Bonchev–Trinajstić information content (AvgIpc) is 2.62. The molecular formula is C16H25N3O4S. The summed E-state index contributed by atoms with van der Waals surface area (Å²) >= 11 is 0. The van der Waals surface area contributed by atoms with Crippen molar-refractivity contribution in [2.24, 2.45) is 0 Å². The SMILES string of the molecule is CCCNCCNC(=O)c1ccccc1S(=O)(=O)N1CCOCC1. The summed E-state index contributed by atoms with van der Waals surface area (Å²) in [6, 6.07) is 6.33. The standard InChI is InChI=1S/C16H25N3O4S/c1-2-7-17-8-9-18-16(20)14-5-3-4-6-15(14)24(21,22)19-10-12-23-13-11-19/h3-6,17H,2,7-13H2,1H3,(H,18,20). The maximum atomic E-state index is 12.8. The van der Waals surface area contributed by atoms with Crippen LogP contribution < -0.4 is 10.6 Å². The van der Waals surface area contributed by atoms with Crippen LogP contribution in [0.1, 0.15) is 23.7 Å². The third kappa shape index (κ3) is 4.76. The van der Waals surface area contributed by atoms with Crippen LogP contribution in [0.5, 0.6) is 0 Å². The molecule has 1 aromatic carbocycles. The highest BCUT2D eigenvalue weighted by atomic mass is 32.2. The van der Waals surface area contributed by atoms with Crippen LogP contribution in [0.25, 0.3) is 0 Å². The third-order valence-electron chi connectivity index (χ3n) is 3.73. The number of sulfonamides is 1. The lowest BCUT2D eigenvalue weighted by Gasteiger charge is -2.26. The van der Waals surface area contributed by atoms with E-state index in [-0.39, 0.29) is 16.4 Å². The molecule has 0 atom stereocenters. The normalized spacial score (nSPS) is 16.0. The molecule has 0 saturated carbocycles. The number of nitrogens with zero attached hydrogens (tertiary/aromatic N) is 1. The summed E-state index contributed by atoms with van der Waals surface area (Å²) in [4.78, 5) is 12.4. The minimum Gasteiger partial charge on any atom is -0.379 e. The van der Waals surface area contributed by atoms with Crippen molar-refractivity contribution in [3.05, 3.63) is 29.8 Å². The summed E-state index contributed by atoms with van der Waals surface area (Å²) in [5.41, 5.74) is 0.180. The monoisotopic (exact) mass is 355 g/mol. The number of nitrogens with one attached hydrogen (secondary N) is 2. The van der Waals surface area contributed by atoms with Crippen molar-refractivity contribution >= 4 is 15.9 Å². The van der Waals surface area contributed by atoms with Crippen LogP contribution in [-0.4, -0.2) is 64.6 Å². The van der Waals surface area contributed by atoms with Crippen LogP contribution in [0.3, 0.4) is 0 Å². The topological polar surface area (TPSA) is 87.7 Å². The Kier molecular flexibility index (Phi) is 7.16. The number of ether oxygens (including phenoxy) is 1. The van der Waals surface area contributed by atoms with E-state index in [1.165, 1.54) is 10.4 Å². The molecule has 134 valence electrons. The smallest absolute Gasteiger partial charge is 0.252 e. The summed E-state index contributed by atoms with van der Waals surface area (Å²) in [5.74, 6) is -0.374. The second kappa shape index (κ2) is 9.12. The predicted octanol–water partition coefficient (Wildman–Crippen LogP) is 0.437. The van der Waals surface area contributed by atoms with Crippen molar-refractivity contribution in [1.82, 2.24) is 14.9 Å². The van der Waals surface area contributed by atoms with Gasteiger partial charge in [-0.1, -0.05) is 19.1 Å². The number of morpholine rings is 1. The molecular weight excluding hydrogens is 330 g/mol. The first-order valence-corrected chi connectivity index (χ1v) is 9.67. The summed E-state index contributed by atoms with van der Waals surface area (Å²) in [7, 11) is -3.70. The number of hydrogen-bond acceptors (Lipinski definition) is 5. The Labute approximate surface area is 143 Å². The highest BCUT2D eigenvalue weighted by Gasteiger charge is 2.29. The Hall–Kier alpha value is -1.48. The average molecular weight is 355 g/mol. The van der Waals surface area contributed by atoms with Gasteiger partial charge >= 0.3 is 0 Å². The predicted molar refractivity (Wildman–Crippen MR) is 91.5 cm³/mol. The molecule has 0 aromatic heterocycles. The molecule has 1 heterocycles. The molecule has 1 aliphatic rings. The zero-order chi connectivity index (χ0) is 17.4. The van der Waals surface area contributed by atoms with Crippen LogP contribution in [0.15, 0.2) is 29.2 Å². The lowest BCUT2D eigenvalue weighted by Crippen LogP contribution is -2.41. The minimum atomic E-state index is -3.70. The van der Waals surface area contributed by atoms with Gasteiger partial charge < -0.3 is 15.4 Å². The number of hydrogen-bond donors (Lipinski definition) is 2. The van der Waals surface area contributed by atoms with E-state index in [0.717, 1.165) is 13.0 Å². The molecule has 1 saturated heterocycles. The lowest BCUT2D eigenvalue weighted by atomic mass is 10.2. The van der Waals surface area contributed by atoms with E-state index < -0.39 is 10.0 Å². The highest BCUT2D eigenvalue weighted by molar-refractivity contribution is 7.89. The Balaban J connectivity index is 2.10. The fraction of sp³-hybridized carbons (Fsp3) is 0.562. The van der Waals surface area contributed by atoms with E-state index in [0.29, 0.717) is 39.4 Å². The van der Waals surface area contributed by atoms with Crippen molar-refractivity contribution in [1.29, 1.82) is 0 Å². The Morgan fingerprint density at radius 3 is 2.58 bits per heavy atom. The molecule has 8 heteroatoms. The Bertz CT molecular complexity index is 642. The quantitative estimate of drug-likeness (QED) is 0.661. The van der Waals surface area contributed by atoms with Crippen molar-refractivity contribution in [2.75, 3.05) is 45.9 Å². The fourth-order valence-electron chi connectivity index (χ4n) is 2.47. The molecule has 1 aliphatic heterocycles. The summed E-state index contributed by atoms with van der Waals surface area (Å²) < 4.78 is 32.2. The van der Waals surface area contributed by atoms with Gasteiger partial charge in [0.2, 0.25) is 10.0 Å². The van der Waals surface area contributed by atoms with Gasteiger partial charge in [-0.2, -0.15) is 4.31 Å². The van der Waals surface area contributed by atoms with Crippen LogP contribution in [0.4, 0.5) is 0 Å². The molecule has 2 N–H and O–H groups in total. The van der Waals surface area contributed by atoms with Gasteiger partial charge in [-0.05, 0) is 25.1 Å². The van der Waals surface area contributed by atoms with Gasteiger partial charge in [-0.15, -0.1) is 0 Å². The van der Waals surface area contributed by atoms with E-state index in [4.69, 9.17) is 4.74 Å². The number of carbonyl (C=O) groups excluding carboxylic acids is 1. The number of benzene rings is 1. The van der Waals surface area contributed by atoms with Gasteiger partial charge in [-0.3, -0.25) is 4.79 Å². The first-order valence-electron chi connectivity index (χ1n) is 8.23. The lowest BCUT2D eigenvalue weighted by molar-refractivity contribution is 0.0730. The van der Waals surface area contributed by atoms with Crippen molar-refractivity contribution in [3.8, 4) is 0 Å². The Morgan fingerprint density at radius 2 is 1.88 bits per heavy atom. The molecule has 0 radical (unpaired) electrons. The van der Waals surface area contributed by atoms with Gasteiger partial charge in [0.25, 0.3) is 5.91 Å². The maximum Gasteiger partial charge on any atom is 0.252 e. The molecule has 1 fully saturated rings. The minimum absolute atomic E-state index is 0.0471. The van der Waals surface area contributed by atoms with E-state index in [9.17, 15) is 13.2 Å². The van der Waals surface area contributed by atoms with Crippen LogP contribution >= 0.6 is 0 Å². The molecule has 1 amide bonds. The molecule has 0 aliphatic carbocycles. The van der Waals surface area contributed by atoms with Crippen molar-refractivity contribution < 1.29 is 17.9 Å². The Morgan fingerprint density at radius 1 is 1.17 bits per heavy atom.